The molecule has 0 aromatic carbocycles. The number of hydrogen-bond acceptors (Lipinski definition) is 8. The van der Waals surface area contributed by atoms with Crippen LogP contribution < -0.4 is 10.6 Å². The minimum Gasteiger partial charge on any atom is -0.462 e. The van der Waals surface area contributed by atoms with E-state index >= 15 is 0 Å². The number of unbranched alkanes of at least 4 members (excludes halogenated alkanes) is 5. The maximum Gasteiger partial charge on any atom is 0.469 e. The molecule has 2 aliphatic carbocycles. The van der Waals surface area contributed by atoms with E-state index in [1.54, 1.807) is 0 Å². The Morgan fingerprint density at radius 2 is 1.31 bits per heavy atom. The molecule has 1 unspecified atom stereocenters. The maximum absolute atomic E-state index is 12.9. The van der Waals surface area contributed by atoms with Gasteiger partial charge in [-0.15, -0.1) is 0 Å². The molecule has 0 radical (unpaired) electrons. The van der Waals surface area contributed by atoms with Crippen LogP contribution >= 0.6 is 7.82 Å². The van der Waals surface area contributed by atoms with E-state index in [9.17, 15) is 23.7 Å². The molecule has 12 nitrogen and oxygen atoms in total. The van der Waals surface area contributed by atoms with Gasteiger partial charge >= 0.3 is 19.8 Å². The second kappa shape index (κ2) is 20.6. The zero-order chi connectivity index (χ0) is 30.6. The molecule has 0 spiro atoms. The second-order valence-electron chi connectivity index (χ2n) is 11.1. The average Bonchev–Trinajstić information content (AvgIpc) is 2.95. The van der Waals surface area contributed by atoms with Gasteiger partial charge in [0.1, 0.15) is 18.2 Å². The molecule has 2 fully saturated rings. The third kappa shape index (κ3) is 17.6. The maximum atomic E-state index is 12.9. The van der Waals surface area contributed by atoms with E-state index in [0.29, 0.717) is 13.0 Å². The largest absolute Gasteiger partial charge is 0.469 e. The quantitative estimate of drug-likeness (QED) is 0.0714. The normalized spacial score (nSPS) is 17.5. The van der Waals surface area contributed by atoms with Gasteiger partial charge in [0.2, 0.25) is 11.8 Å². The van der Waals surface area contributed by atoms with Crippen molar-refractivity contribution in [1.82, 2.24) is 10.6 Å². The summed E-state index contributed by atoms with van der Waals surface area (Å²) in [4.78, 5) is 67.2. The molecule has 42 heavy (non-hydrogen) atoms. The first kappa shape index (κ1) is 35.9. The summed E-state index contributed by atoms with van der Waals surface area (Å²) in [5.41, 5.74) is 0. The second-order valence-corrected chi connectivity index (χ2v) is 12.4. The van der Waals surface area contributed by atoms with Crippen LogP contribution in [0.4, 0.5) is 0 Å². The first-order chi connectivity index (χ1) is 20.1. The smallest absolute Gasteiger partial charge is 0.462 e. The van der Waals surface area contributed by atoms with E-state index in [-0.39, 0.29) is 31.7 Å². The van der Waals surface area contributed by atoms with Crippen molar-refractivity contribution in [1.29, 1.82) is 0 Å². The Morgan fingerprint density at radius 3 is 1.93 bits per heavy atom. The van der Waals surface area contributed by atoms with Gasteiger partial charge in [-0.25, -0.2) is 9.36 Å². The summed E-state index contributed by atoms with van der Waals surface area (Å²) in [5.74, 6) is -2.03. The molecule has 2 amide bonds. The SMILES string of the molecule is O=C(/C=C\C(=O)NC(CCC(=O)OC1CCCCC1)C(=O)OC1CCCCC1)NCCCCCCCCOP(=O)(O)O. The van der Waals surface area contributed by atoms with E-state index in [2.05, 4.69) is 15.2 Å². The summed E-state index contributed by atoms with van der Waals surface area (Å²) in [5, 5.41) is 5.30. The van der Waals surface area contributed by atoms with Gasteiger partial charge in [0, 0.05) is 25.1 Å². The van der Waals surface area contributed by atoms with Crippen LogP contribution in [0.25, 0.3) is 0 Å². The number of hydrogen-bond donors (Lipinski definition) is 4. The monoisotopic (exact) mass is 616 g/mol. The molecule has 2 aliphatic rings. The van der Waals surface area contributed by atoms with E-state index in [4.69, 9.17) is 19.3 Å². The molecule has 0 aromatic rings. The Kier molecular flexibility index (Phi) is 17.6. The van der Waals surface area contributed by atoms with Gasteiger partial charge in [-0.3, -0.25) is 18.9 Å². The van der Waals surface area contributed by atoms with Crippen molar-refractivity contribution in [3.8, 4) is 0 Å². The highest BCUT2D eigenvalue weighted by Crippen LogP contribution is 2.35. The lowest BCUT2D eigenvalue weighted by Crippen LogP contribution is -2.43. The summed E-state index contributed by atoms with van der Waals surface area (Å²) in [6.07, 6.45) is 16.3. The number of rotatable bonds is 19. The van der Waals surface area contributed by atoms with E-state index in [1.807, 2.05) is 0 Å². The zero-order valence-corrected chi connectivity index (χ0v) is 25.5. The number of amides is 2. The molecule has 0 aromatic heterocycles. The number of ether oxygens (including phenoxy) is 2. The first-order valence-electron chi connectivity index (χ1n) is 15.5. The minimum atomic E-state index is -4.40. The number of carbonyl (C=O) groups is 4. The molecule has 13 heteroatoms. The molecule has 4 N–H and O–H groups in total. The highest BCUT2D eigenvalue weighted by molar-refractivity contribution is 7.46. The predicted molar refractivity (Wildman–Crippen MR) is 155 cm³/mol. The minimum absolute atomic E-state index is 0.0212. The molecule has 0 saturated heterocycles. The van der Waals surface area contributed by atoms with Gasteiger partial charge < -0.3 is 29.9 Å². The Morgan fingerprint density at radius 1 is 0.762 bits per heavy atom. The average molecular weight is 617 g/mol. The third-order valence-electron chi connectivity index (χ3n) is 7.44. The molecular formula is C29H49N2O10P. The summed E-state index contributed by atoms with van der Waals surface area (Å²) in [6, 6.07) is -1.02. The molecule has 0 heterocycles. The summed E-state index contributed by atoms with van der Waals surface area (Å²) in [7, 11) is -4.40. The Labute approximate surface area is 248 Å². The molecule has 0 aliphatic heterocycles. The highest BCUT2D eigenvalue weighted by Gasteiger charge is 2.27. The first-order valence-corrected chi connectivity index (χ1v) is 17.0. The fraction of sp³-hybridized carbons (Fsp3) is 0.793. The summed E-state index contributed by atoms with van der Waals surface area (Å²) >= 11 is 0. The number of phosphoric ester groups is 1. The van der Waals surface area contributed by atoms with Gasteiger partial charge in [0.25, 0.3) is 0 Å². The lowest BCUT2D eigenvalue weighted by atomic mass is 9.97. The van der Waals surface area contributed by atoms with Crippen molar-refractivity contribution in [3.05, 3.63) is 12.2 Å². The topological polar surface area (TPSA) is 178 Å². The van der Waals surface area contributed by atoms with Gasteiger partial charge in [-0.2, -0.15) is 0 Å². The van der Waals surface area contributed by atoms with Crippen molar-refractivity contribution in [2.75, 3.05) is 13.2 Å². The molecule has 2 rings (SSSR count). The highest BCUT2D eigenvalue weighted by atomic mass is 31.2. The fourth-order valence-corrected chi connectivity index (χ4v) is 5.49. The molecule has 2 saturated carbocycles. The lowest BCUT2D eigenvalue weighted by molar-refractivity contribution is -0.155. The van der Waals surface area contributed by atoms with Crippen LogP contribution in [0.3, 0.4) is 0 Å². The summed E-state index contributed by atoms with van der Waals surface area (Å²) < 4.78 is 26.2. The van der Waals surface area contributed by atoms with Crippen LogP contribution in [0.2, 0.25) is 0 Å². The lowest BCUT2D eigenvalue weighted by Gasteiger charge is -2.25. The molecular weight excluding hydrogens is 567 g/mol. The van der Waals surface area contributed by atoms with Crippen LogP contribution in [-0.2, 0) is 37.7 Å². The third-order valence-corrected chi connectivity index (χ3v) is 7.96. The molecule has 0 bridgehead atoms. The molecule has 240 valence electrons. The van der Waals surface area contributed by atoms with Crippen LogP contribution in [0.5, 0.6) is 0 Å². The van der Waals surface area contributed by atoms with Gasteiger partial charge in [0.15, 0.2) is 0 Å². The van der Waals surface area contributed by atoms with Gasteiger partial charge in [-0.05, 0) is 70.6 Å². The number of phosphoric acid groups is 1. The van der Waals surface area contributed by atoms with Crippen LogP contribution in [0.15, 0.2) is 12.2 Å². The van der Waals surface area contributed by atoms with Crippen molar-refractivity contribution in [3.63, 3.8) is 0 Å². The number of carbonyl (C=O) groups excluding carboxylic acids is 4. The predicted octanol–water partition coefficient (Wildman–Crippen LogP) is 4.13. The number of nitrogens with one attached hydrogen (secondary N) is 2. The van der Waals surface area contributed by atoms with Crippen molar-refractivity contribution in [2.24, 2.45) is 0 Å². The standard InChI is InChI=1S/C29H49N2O10P/c32-26(30-21-11-3-1-2-4-12-22-39-42(36,37)38)18-19-27(33)31-25(29(35)41-24-15-9-6-10-16-24)17-20-28(34)40-23-13-7-5-8-14-23/h18-19,23-25H,1-17,20-22H2,(H,30,32)(H,31,33)(H2,36,37,38)/b19-18-. The van der Waals surface area contributed by atoms with Crippen molar-refractivity contribution >= 4 is 31.6 Å². The van der Waals surface area contributed by atoms with Crippen molar-refractivity contribution < 1.29 is 47.5 Å². The van der Waals surface area contributed by atoms with Crippen LogP contribution in [0, 0.1) is 0 Å². The molecule has 1 atom stereocenters. The van der Waals surface area contributed by atoms with E-state index < -0.39 is 37.6 Å². The van der Waals surface area contributed by atoms with Gasteiger partial charge in [0.05, 0.1) is 6.61 Å². The zero-order valence-electron chi connectivity index (χ0n) is 24.6. The van der Waals surface area contributed by atoms with E-state index in [1.165, 1.54) is 0 Å². The van der Waals surface area contributed by atoms with Crippen molar-refractivity contribution in [2.45, 2.75) is 134 Å². The summed E-state index contributed by atoms with van der Waals surface area (Å²) in [6.45, 7) is 0.460. The van der Waals surface area contributed by atoms with Gasteiger partial charge in [-0.1, -0.05) is 38.5 Å². The van der Waals surface area contributed by atoms with Crippen LogP contribution in [0.1, 0.15) is 116 Å². The Balaban J connectivity index is 1.69. The van der Waals surface area contributed by atoms with E-state index in [0.717, 1.165) is 108 Å². The number of esters is 2. The Hall–Kier alpha value is -2.27. The fourth-order valence-electron chi connectivity index (χ4n) is 5.13. The Bertz CT molecular complexity index is 910. The van der Waals surface area contributed by atoms with Crippen LogP contribution in [-0.4, -0.2) is 64.9 Å².